The Labute approximate surface area is 125 Å². The highest BCUT2D eigenvalue weighted by atomic mass is 16.5. The predicted molar refractivity (Wildman–Crippen MR) is 79.0 cm³/mol. The maximum absolute atomic E-state index is 9.91. The molecule has 2 rings (SSSR count). The fourth-order valence-corrected chi connectivity index (χ4v) is 2.41. The molecule has 114 valence electrons. The van der Waals surface area contributed by atoms with Crippen LogP contribution < -0.4 is 10.1 Å². The van der Waals surface area contributed by atoms with E-state index in [1.165, 1.54) is 0 Å². The molecule has 0 bridgehead atoms. The number of ether oxygens (including phenoxy) is 2. The van der Waals surface area contributed by atoms with Crippen LogP contribution in [-0.4, -0.2) is 43.6 Å². The van der Waals surface area contributed by atoms with E-state index in [1.54, 1.807) is 18.2 Å². The van der Waals surface area contributed by atoms with Crippen LogP contribution in [0.25, 0.3) is 0 Å². The molecule has 3 atom stereocenters. The van der Waals surface area contributed by atoms with Gasteiger partial charge in [-0.1, -0.05) is 12.1 Å². The molecule has 0 radical (unpaired) electrons. The first kappa shape index (κ1) is 15.8. The van der Waals surface area contributed by atoms with Crippen molar-refractivity contribution in [1.29, 1.82) is 5.26 Å². The quantitative estimate of drug-likeness (QED) is 0.792. The van der Waals surface area contributed by atoms with Crippen molar-refractivity contribution < 1.29 is 14.6 Å². The lowest BCUT2D eigenvalue weighted by Crippen LogP contribution is -2.35. The molecule has 5 nitrogen and oxygen atoms in total. The van der Waals surface area contributed by atoms with Gasteiger partial charge in [-0.05, 0) is 31.4 Å². The van der Waals surface area contributed by atoms with Gasteiger partial charge in [0, 0.05) is 19.7 Å². The number of benzene rings is 1. The molecule has 3 unspecified atom stereocenters. The summed E-state index contributed by atoms with van der Waals surface area (Å²) < 4.78 is 11.0. The number of hydrogen-bond donors (Lipinski definition) is 2. The first-order chi connectivity index (χ1) is 10.2. The van der Waals surface area contributed by atoms with Crippen LogP contribution >= 0.6 is 0 Å². The lowest BCUT2D eigenvalue weighted by Gasteiger charge is -2.17. The molecule has 1 saturated heterocycles. The Morgan fingerprint density at radius 2 is 2.33 bits per heavy atom. The molecule has 0 amide bonds. The van der Waals surface area contributed by atoms with Crippen LogP contribution in [0.4, 0.5) is 0 Å². The third kappa shape index (κ3) is 4.71. The summed E-state index contributed by atoms with van der Waals surface area (Å²) in [5.41, 5.74) is 0.481. The third-order valence-electron chi connectivity index (χ3n) is 3.76. The van der Waals surface area contributed by atoms with Crippen LogP contribution in [0, 0.1) is 17.2 Å². The summed E-state index contributed by atoms with van der Waals surface area (Å²) in [6.45, 7) is 4.38. The molecule has 0 aromatic heterocycles. The average Bonchev–Trinajstić information content (AvgIpc) is 2.91. The Kier molecular flexibility index (Phi) is 6.00. The van der Waals surface area contributed by atoms with Crippen molar-refractivity contribution in [2.24, 2.45) is 5.92 Å². The summed E-state index contributed by atoms with van der Waals surface area (Å²) in [6, 6.07) is 9.09. The largest absolute Gasteiger partial charge is 0.489 e. The van der Waals surface area contributed by atoms with Crippen molar-refractivity contribution in [3.63, 3.8) is 0 Å². The van der Waals surface area contributed by atoms with E-state index in [9.17, 15) is 5.11 Å². The summed E-state index contributed by atoms with van der Waals surface area (Å²) in [5, 5.41) is 22.1. The highest BCUT2D eigenvalue weighted by Gasteiger charge is 2.23. The Bertz CT molecular complexity index is 487. The second kappa shape index (κ2) is 7.99. The van der Waals surface area contributed by atoms with Crippen molar-refractivity contribution in [2.45, 2.75) is 25.6 Å². The van der Waals surface area contributed by atoms with E-state index >= 15 is 0 Å². The van der Waals surface area contributed by atoms with Crippen molar-refractivity contribution in [3.05, 3.63) is 29.8 Å². The van der Waals surface area contributed by atoms with Gasteiger partial charge in [0.25, 0.3) is 0 Å². The minimum atomic E-state index is -0.602. The van der Waals surface area contributed by atoms with Gasteiger partial charge in [0.05, 0.1) is 11.7 Å². The first-order valence-corrected chi connectivity index (χ1v) is 7.33. The Balaban J connectivity index is 1.68. The third-order valence-corrected chi connectivity index (χ3v) is 3.76. The van der Waals surface area contributed by atoms with Crippen molar-refractivity contribution in [2.75, 3.05) is 26.3 Å². The number of hydrogen-bond acceptors (Lipinski definition) is 5. The number of nitrogens with one attached hydrogen (secondary N) is 1. The Morgan fingerprint density at radius 3 is 3.05 bits per heavy atom. The second-order valence-electron chi connectivity index (χ2n) is 5.36. The number of rotatable bonds is 7. The van der Waals surface area contributed by atoms with Gasteiger partial charge in [0.15, 0.2) is 0 Å². The van der Waals surface area contributed by atoms with E-state index in [4.69, 9.17) is 14.7 Å². The Morgan fingerprint density at radius 1 is 1.52 bits per heavy atom. The predicted octanol–water partition coefficient (Wildman–Crippen LogP) is 1.31. The first-order valence-electron chi connectivity index (χ1n) is 7.33. The molecule has 1 heterocycles. The van der Waals surface area contributed by atoms with Gasteiger partial charge in [0.2, 0.25) is 0 Å². The van der Waals surface area contributed by atoms with Gasteiger partial charge >= 0.3 is 0 Å². The zero-order valence-corrected chi connectivity index (χ0v) is 12.3. The normalized spacial score (nSPS) is 22.7. The zero-order valence-electron chi connectivity index (χ0n) is 12.3. The molecule has 1 fully saturated rings. The van der Waals surface area contributed by atoms with Crippen molar-refractivity contribution >= 4 is 0 Å². The van der Waals surface area contributed by atoms with Crippen LogP contribution in [0.5, 0.6) is 5.75 Å². The molecule has 1 aliphatic heterocycles. The van der Waals surface area contributed by atoms with Crippen molar-refractivity contribution in [3.8, 4) is 11.8 Å². The average molecular weight is 290 g/mol. The topological polar surface area (TPSA) is 74.5 Å². The molecule has 0 saturated carbocycles. The van der Waals surface area contributed by atoms with Gasteiger partial charge in [-0.3, -0.25) is 0 Å². The van der Waals surface area contributed by atoms with Gasteiger partial charge in [-0.15, -0.1) is 0 Å². The van der Waals surface area contributed by atoms with Crippen LogP contribution in [0.3, 0.4) is 0 Å². The number of para-hydroxylation sites is 1. The molecule has 1 aromatic rings. The van der Waals surface area contributed by atoms with E-state index in [1.807, 2.05) is 6.07 Å². The maximum atomic E-state index is 9.91. The summed E-state index contributed by atoms with van der Waals surface area (Å²) >= 11 is 0. The summed E-state index contributed by atoms with van der Waals surface area (Å²) in [5.74, 6) is 1.02. The van der Waals surface area contributed by atoms with Gasteiger partial charge < -0.3 is 19.9 Å². The van der Waals surface area contributed by atoms with E-state index in [0.717, 1.165) is 19.6 Å². The highest BCUT2D eigenvalue weighted by Crippen LogP contribution is 2.19. The van der Waals surface area contributed by atoms with Crippen LogP contribution in [0.2, 0.25) is 0 Å². The SMILES string of the molecule is CC1OCCC1CNCC(O)COc1ccccc1C#N. The van der Waals surface area contributed by atoms with Crippen LogP contribution in [-0.2, 0) is 4.74 Å². The van der Waals surface area contributed by atoms with Gasteiger partial charge in [-0.2, -0.15) is 5.26 Å². The summed E-state index contributed by atoms with van der Waals surface area (Å²) in [4.78, 5) is 0. The van der Waals surface area contributed by atoms with E-state index in [2.05, 4.69) is 18.3 Å². The minimum absolute atomic E-state index is 0.169. The summed E-state index contributed by atoms with van der Waals surface area (Å²) in [7, 11) is 0. The highest BCUT2D eigenvalue weighted by molar-refractivity contribution is 5.42. The Hall–Kier alpha value is -1.61. The lowest BCUT2D eigenvalue weighted by atomic mass is 10.0. The molecular formula is C16H22N2O3. The molecule has 21 heavy (non-hydrogen) atoms. The number of nitrogens with zero attached hydrogens (tertiary/aromatic N) is 1. The van der Waals surface area contributed by atoms with Crippen molar-refractivity contribution in [1.82, 2.24) is 5.32 Å². The molecule has 0 aliphatic carbocycles. The van der Waals surface area contributed by atoms with E-state index in [0.29, 0.717) is 23.8 Å². The fourth-order valence-electron chi connectivity index (χ4n) is 2.41. The standard InChI is InChI=1S/C16H22N2O3/c1-12-14(6-7-20-12)9-18-10-15(19)11-21-16-5-3-2-4-13(16)8-17/h2-5,12,14-15,18-19H,6-7,9-11H2,1H3. The van der Waals surface area contributed by atoms with Gasteiger partial charge in [-0.25, -0.2) is 0 Å². The van der Waals surface area contributed by atoms with E-state index in [-0.39, 0.29) is 12.7 Å². The lowest BCUT2D eigenvalue weighted by molar-refractivity contribution is 0.0945. The number of nitriles is 1. The van der Waals surface area contributed by atoms with Crippen LogP contribution in [0.15, 0.2) is 24.3 Å². The molecule has 5 heteroatoms. The molecule has 1 aromatic carbocycles. The zero-order chi connectivity index (χ0) is 15.1. The van der Waals surface area contributed by atoms with Gasteiger partial charge in [0.1, 0.15) is 24.5 Å². The molecule has 1 aliphatic rings. The fraction of sp³-hybridized carbons (Fsp3) is 0.562. The monoisotopic (exact) mass is 290 g/mol. The smallest absolute Gasteiger partial charge is 0.137 e. The molecule has 2 N–H and O–H groups in total. The second-order valence-corrected chi connectivity index (χ2v) is 5.36. The van der Waals surface area contributed by atoms with Crippen LogP contribution in [0.1, 0.15) is 18.9 Å². The summed E-state index contributed by atoms with van der Waals surface area (Å²) in [6.07, 6.45) is 0.749. The minimum Gasteiger partial charge on any atom is -0.489 e. The van der Waals surface area contributed by atoms with E-state index < -0.39 is 6.10 Å². The maximum Gasteiger partial charge on any atom is 0.137 e. The molecule has 0 spiro atoms. The number of aliphatic hydroxyl groups excluding tert-OH is 1. The number of aliphatic hydroxyl groups is 1. The molecular weight excluding hydrogens is 268 g/mol.